The number of nitrogens with zero attached hydrogens (tertiary/aromatic N) is 1. The van der Waals surface area contributed by atoms with E-state index in [0.717, 1.165) is 5.56 Å². The van der Waals surface area contributed by atoms with Gasteiger partial charge < -0.3 is 25.2 Å². The standard InChI is InChI=1S/C27H33ClN2O6/c1-17(2)23(29-22(31)15-36-21-7-5-6-18(14-21)25(33)34)24(32)30-13-12-27(35,26(3,4)16-30)19-8-10-20(28)11-9-19/h5-11,14,17,23,35H,12-13,15-16H2,1-4H3,(H,29,31)(H,33,34)/t23-,27+/m1/s1. The second-order valence-electron chi connectivity index (χ2n) is 10.2. The van der Waals surface area contributed by atoms with Gasteiger partial charge in [-0.2, -0.15) is 0 Å². The van der Waals surface area contributed by atoms with Crippen molar-refractivity contribution in [2.24, 2.45) is 11.3 Å². The molecule has 2 atom stereocenters. The second kappa shape index (κ2) is 10.9. The lowest BCUT2D eigenvalue weighted by Gasteiger charge is -2.51. The third-order valence-electron chi connectivity index (χ3n) is 6.78. The molecule has 0 bridgehead atoms. The fourth-order valence-corrected chi connectivity index (χ4v) is 4.69. The van der Waals surface area contributed by atoms with Gasteiger partial charge in [-0.15, -0.1) is 0 Å². The summed E-state index contributed by atoms with van der Waals surface area (Å²) in [6.45, 7) is 7.81. The lowest BCUT2D eigenvalue weighted by atomic mass is 9.66. The highest BCUT2D eigenvalue weighted by molar-refractivity contribution is 6.30. The third kappa shape index (κ3) is 5.99. The molecule has 0 spiro atoms. The average Bonchev–Trinajstić information content (AvgIpc) is 2.82. The number of rotatable bonds is 8. The number of ether oxygens (including phenoxy) is 1. The maximum atomic E-state index is 13.5. The van der Waals surface area contributed by atoms with E-state index in [9.17, 15) is 19.5 Å². The molecule has 0 radical (unpaired) electrons. The van der Waals surface area contributed by atoms with Gasteiger partial charge in [0.1, 0.15) is 11.8 Å². The predicted molar refractivity (Wildman–Crippen MR) is 136 cm³/mol. The van der Waals surface area contributed by atoms with Gasteiger partial charge in [-0.3, -0.25) is 9.59 Å². The molecule has 0 saturated carbocycles. The van der Waals surface area contributed by atoms with Crippen molar-refractivity contribution >= 4 is 29.4 Å². The van der Waals surface area contributed by atoms with Crippen molar-refractivity contribution in [1.29, 1.82) is 0 Å². The minimum Gasteiger partial charge on any atom is -0.484 e. The van der Waals surface area contributed by atoms with Crippen LogP contribution in [0.5, 0.6) is 5.75 Å². The molecule has 1 saturated heterocycles. The number of carbonyl (C=O) groups excluding carboxylic acids is 2. The number of likely N-dealkylation sites (tertiary alicyclic amines) is 1. The molecule has 0 aliphatic carbocycles. The van der Waals surface area contributed by atoms with Crippen LogP contribution >= 0.6 is 11.6 Å². The van der Waals surface area contributed by atoms with E-state index < -0.39 is 28.9 Å². The van der Waals surface area contributed by atoms with Crippen molar-refractivity contribution in [2.45, 2.75) is 45.8 Å². The van der Waals surface area contributed by atoms with Gasteiger partial charge in [-0.05, 0) is 48.2 Å². The number of nitrogens with one attached hydrogen (secondary N) is 1. The number of hydrogen-bond donors (Lipinski definition) is 3. The van der Waals surface area contributed by atoms with Crippen LogP contribution in [0.4, 0.5) is 0 Å². The summed E-state index contributed by atoms with van der Waals surface area (Å²) >= 11 is 6.01. The van der Waals surface area contributed by atoms with E-state index in [1.165, 1.54) is 18.2 Å². The van der Waals surface area contributed by atoms with E-state index in [2.05, 4.69) is 5.32 Å². The summed E-state index contributed by atoms with van der Waals surface area (Å²) in [7, 11) is 0. The zero-order chi connectivity index (χ0) is 26.7. The molecule has 9 heteroatoms. The maximum Gasteiger partial charge on any atom is 0.335 e. The van der Waals surface area contributed by atoms with Crippen LogP contribution in [0.15, 0.2) is 48.5 Å². The molecule has 194 valence electrons. The molecule has 2 aromatic rings. The first-order valence-electron chi connectivity index (χ1n) is 11.9. The Labute approximate surface area is 216 Å². The van der Waals surface area contributed by atoms with Crippen molar-refractivity contribution < 1.29 is 29.3 Å². The molecular formula is C27H33ClN2O6. The molecule has 1 fully saturated rings. The van der Waals surface area contributed by atoms with Crippen LogP contribution in [0.1, 0.15) is 50.0 Å². The number of piperidine rings is 1. The van der Waals surface area contributed by atoms with Crippen molar-refractivity contribution in [1.82, 2.24) is 10.2 Å². The third-order valence-corrected chi connectivity index (χ3v) is 7.03. The summed E-state index contributed by atoms with van der Waals surface area (Å²) in [6, 6.07) is 12.2. The van der Waals surface area contributed by atoms with E-state index in [1.54, 1.807) is 23.1 Å². The van der Waals surface area contributed by atoms with Crippen molar-refractivity contribution in [3.63, 3.8) is 0 Å². The molecule has 0 aromatic heterocycles. The topological polar surface area (TPSA) is 116 Å². The van der Waals surface area contributed by atoms with Crippen molar-refractivity contribution in [3.05, 3.63) is 64.7 Å². The molecule has 3 rings (SSSR count). The van der Waals surface area contributed by atoms with Gasteiger partial charge in [0.15, 0.2) is 6.61 Å². The Morgan fingerprint density at radius 2 is 1.81 bits per heavy atom. The van der Waals surface area contributed by atoms with E-state index in [-0.39, 0.29) is 29.7 Å². The minimum absolute atomic E-state index is 0.0504. The molecule has 0 unspecified atom stereocenters. The Balaban J connectivity index is 1.66. The number of hydrogen-bond acceptors (Lipinski definition) is 5. The molecule has 2 amide bonds. The minimum atomic E-state index is -1.14. The number of halogens is 1. The quantitative estimate of drug-likeness (QED) is 0.492. The highest BCUT2D eigenvalue weighted by Gasteiger charge is 2.50. The lowest BCUT2D eigenvalue weighted by Crippen LogP contribution is -2.60. The largest absolute Gasteiger partial charge is 0.484 e. The highest BCUT2D eigenvalue weighted by Crippen LogP contribution is 2.46. The molecule has 8 nitrogen and oxygen atoms in total. The summed E-state index contributed by atoms with van der Waals surface area (Å²) in [5, 5.41) is 24.0. The Hall–Kier alpha value is -3.10. The van der Waals surface area contributed by atoms with Gasteiger partial charge in [-0.25, -0.2) is 4.79 Å². The fraction of sp³-hybridized carbons (Fsp3) is 0.444. The van der Waals surface area contributed by atoms with E-state index in [0.29, 0.717) is 24.5 Å². The number of carbonyl (C=O) groups is 3. The molecule has 1 aliphatic rings. The summed E-state index contributed by atoms with van der Waals surface area (Å²) in [5.41, 5.74) is -0.988. The number of carboxylic acid groups (broad SMARTS) is 1. The molecule has 1 aliphatic heterocycles. The Morgan fingerprint density at radius 3 is 2.39 bits per heavy atom. The van der Waals surface area contributed by atoms with Crippen LogP contribution in [-0.2, 0) is 15.2 Å². The average molecular weight is 517 g/mol. The summed E-state index contributed by atoms with van der Waals surface area (Å²) in [5.74, 6) is -1.74. The SMILES string of the molecule is CC(C)[C@@H](NC(=O)COc1cccc(C(=O)O)c1)C(=O)N1CC[C@](O)(c2ccc(Cl)cc2)C(C)(C)C1. The van der Waals surface area contributed by atoms with Crippen LogP contribution in [0.2, 0.25) is 5.02 Å². The lowest BCUT2D eigenvalue weighted by molar-refractivity contribution is -0.156. The number of aliphatic hydroxyl groups is 1. The molecule has 36 heavy (non-hydrogen) atoms. The zero-order valence-electron chi connectivity index (χ0n) is 21.0. The summed E-state index contributed by atoms with van der Waals surface area (Å²) in [6.07, 6.45) is 0.342. The molecule has 3 N–H and O–H groups in total. The number of amides is 2. The van der Waals surface area contributed by atoms with Gasteiger partial charge in [0.2, 0.25) is 5.91 Å². The van der Waals surface area contributed by atoms with Crippen molar-refractivity contribution in [2.75, 3.05) is 19.7 Å². The van der Waals surface area contributed by atoms with Gasteiger partial charge in [0.05, 0.1) is 11.2 Å². The number of aromatic carboxylic acids is 1. The van der Waals surface area contributed by atoms with Crippen LogP contribution < -0.4 is 10.1 Å². The van der Waals surface area contributed by atoms with E-state index in [4.69, 9.17) is 21.4 Å². The van der Waals surface area contributed by atoms with Gasteiger partial charge >= 0.3 is 5.97 Å². The number of benzene rings is 2. The van der Waals surface area contributed by atoms with E-state index >= 15 is 0 Å². The monoisotopic (exact) mass is 516 g/mol. The highest BCUT2D eigenvalue weighted by atomic mass is 35.5. The zero-order valence-corrected chi connectivity index (χ0v) is 21.7. The first-order chi connectivity index (χ1) is 16.8. The second-order valence-corrected chi connectivity index (χ2v) is 10.6. The Morgan fingerprint density at radius 1 is 1.14 bits per heavy atom. The smallest absolute Gasteiger partial charge is 0.335 e. The Bertz CT molecular complexity index is 1120. The van der Waals surface area contributed by atoms with Crippen LogP contribution in [0.25, 0.3) is 0 Å². The predicted octanol–water partition coefficient (Wildman–Crippen LogP) is 3.70. The van der Waals surface area contributed by atoms with Crippen LogP contribution in [0.3, 0.4) is 0 Å². The van der Waals surface area contributed by atoms with Gasteiger partial charge in [0.25, 0.3) is 5.91 Å². The first kappa shape index (κ1) is 27.5. The normalized spacial score (nSPS) is 20.0. The molecular weight excluding hydrogens is 484 g/mol. The van der Waals surface area contributed by atoms with Crippen molar-refractivity contribution in [3.8, 4) is 5.75 Å². The maximum absolute atomic E-state index is 13.5. The van der Waals surface area contributed by atoms with E-state index in [1.807, 2.05) is 39.8 Å². The summed E-state index contributed by atoms with van der Waals surface area (Å²) < 4.78 is 5.44. The van der Waals surface area contributed by atoms with Gasteiger partial charge in [-0.1, -0.05) is 57.5 Å². The Kier molecular flexibility index (Phi) is 8.31. The fourth-order valence-electron chi connectivity index (χ4n) is 4.56. The molecule has 2 aromatic carbocycles. The van der Waals surface area contributed by atoms with Crippen LogP contribution in [0, 0.1) is 11.3 Å². The number of carboxylic acids is 1. The van der Waals surface area contributed by atoms with Crippen LogP contribution in [-0.4, -0.2) is 58.6 Å². The van der Waals surface area contributed by atoms with Gasteiger partial charge in [0, 0.05) is 23.5 Å². The summed E-state index contributed by atoms with van der Waals surface area (Å²) in [4.78, 5) is 38.9. The molecule has 1 heterocycles. The first-order valence-corrected chi connectivity index (χ1v) is 12.2.